The predicted octanol–water partition coefficient (Wildman–Crippen LogP) is 4.91. The molecule has 8 heteroatoms. The molecule has 0 aliphatic rings. The van der Waals surface area contributed by atoms with Gasteiger partial charge in [0.15, 0.2) is 5.16 Å². The molecule has 0 saturated carbocycles. The standard InChI is InChI=1S/C20H16ClN3O2S2/c1-24-19(25)16-4-2-3-5-17(16)23-20(24)28-12-14-11-27-18(22-14)10-26-15-8-6-13(21)7-9-15/h2-9,11H,10,12H2,1H3. The molecule has 0 amide bonds. The summed E-state index contributed by atoms with van der Waals surface area (Å²) in [6.45, 7) is 0.406. The van der Waals surface area contributed by atoms with Gasteiger partial charge in [0, 0.05) is 23.2 Å². The van der Waals surface area contributed by atoms with Crippen LogP contribution in [0.15, 0.2) is 63.9 Å². The lowest BCUT2D eigenvalue weighted by Crippen LogP contribution is -2.19. The van der Waals surface area contributed by atoms with Crippen molar-refractivity contribution in [2.45, 2.75) is 17.5 Å². The molecule has 5 nitrogen and oxygen atoms in total. The number of ether oxygens (including phenoxy) is 1. The second-order valence-electron chi connectivity index (χ2n) is 6.04. The summed E-state index contributed by atoms with van der Waals surface area (Å²) in [6, 6.07) is 14.6. The third kappa shape index (κ3) is 4.22. The third-order valence-corrected chi connectivity index (χ3v) is 6.25. The number of rotatable bonds is 6. The summed E-state index contributed by atoms with van der Waals surface area (Å²) >= 11 is 8.93. The predicted molar refractivity (Wildman–Crippen MR) is 114 cm³/mol. The van der Waals surface area contributed by atoms with Gasteiger partial charge in [0.1, 0.15) is 17.4 Å². The van der Waals surface area contributed by atoms with Gasteiger partial charge in [-0.1, -0.05) is 35.5 Å². The van der Waals surface area contributed by atoms with Crippen LogP contribution in [0.2, 0.25) is 5.02 Å². The minimum absolute atomic E-state index is 0.0385. The Labute approximate surface area is 175 Å². The van der Waals surface area contributed by atoms with Crippen LogP contribution >= 0.6 is 34.7 Å². The summed E-state index contributed by atoms with van der Waals surface area (Å²) in [5.41, 5.74) is 1.61. The molecule has 0 aliphatic heterocycles. The Morgan fingerprint density at radius 1 is 1.14 bits per heavy atom. The van der Waals surface area contributed by atoms with E-state index in [9.17, 15) is 4.79 Å². The molecule has 0 spiro atoms. The van der Waals surface area contributed by atoms with Crippen molar-refractivity contribution in [2.24, 2.45) is 7.05 Å². The zero-order valence-corrected chi connectivity index (χ0v) is 17.4. The molecule has 142 valence electrons. The fourth-order valence-electron chi connectivity index (χ4n) is 2.62. The van der Waals surface area contributed by atoms with Crippen molar-refractivity contribution >= 4 is 45.6 Å². The lowest BCUT2D eigenvalue weighted by molar-refractivity contribution is 0.305. The van der Waals surface area contributed by atoms with E-state index < -0.39 is 0 Å². The van der Waals surface area contributed by atoms with Crippen molar-refractivity contribution in [1.82, 2.24) is 14.5 Å². The van der Waals surface area contributed by atoms with Crippen LogP contribution < -0.4 is 10.3 Å². The topological polar surface area (TPSA) is 57.0 Å². The SMILES string of the molecule is Cn1c(SCc2csc(COc3ccc(Cl)cc3)n2)nc2ccccc2c1=O. The number of thioether (sulfide) groups is 1. The van der Waals surface area contributed by atoms with Crippen molar-refractivity contribution < 1.29 is 4.74 Å². The van der Waals surface area contributed by atoms with Crippen LogP contribution in [0.4, 0.5) is 0 Å². The minimum atomic E-state index is -0.0385. The quantitative estimate of drug-likeness (QED) is 0.322. The van der Waals surface area contributed by atoms with Crippen molar-refractivity contribution in [3.63, 3.8) is 0 Å². The molecule has 0 bridgehead atoms. The fraction of sp³-hybridized carbons (Fsp3) is 0.150. The van der Waals surface area contributed by atoms with Crippen LogP contribution in [-0.4, -0.2) is 14.5 Å². The number of halogens is 1. The highest BCUT2D eigenvalue weighted by Crippen LogP contribution is 2.23. The molecular formula is C20H16ClN3O2S2. The molecule has 0 radical (unpaired) electrons. The zero-order chi connectivity index (χ0) is 19.5. The van der Waals surface area contributed by atoms with Crippen molar-refractivity contribution in [1.29, 1.82) is 0 Å². The average Bonchev–Trinajstić information content (AvgIpc) is 3.17. The van der Waals surface area contributed by atoms with Gasteiger partial charge in [-0.15, -0.1) is 11.3 Å². The molecule has 0 unspecified atom stereocenters. The lowest BCUT2D eigenvalue weighted by Gasteiger charge is -2.07. The monoisotopic (exact) mass is 429 g/mol. The summed E-state index contributed by atoms with van der Waals surface area (Å²) in [5.74, 6) is 1.39. The van der Waals surface area contributed by atoms with Gasteiger partial charge in [-0.25, -0.2) is 9.97 Å². The normalized spacial score (nSPS) is 11.1. The van der Waals surface area contributed by atoms with Gasteiger partial charge in [-0.05, 0) is 36.4 Å². The van der Waals surface area contributed by atoms with Crippen molar-refractivity contribution in [3.05, 3.63) is 80.0 Å². The van der Waals surface area contributed by atoms with Crippen LogP contribution in [0.5, 0.6) is 5.75 Å². The Kier molecular flexibility index (Phi) is 5.66. The maximum Gasteiger partial charge on any atom is 0.261 e. The van der Waals surface area contributed by atoms with E-state index in [1.54, 1.807) is 41.2 Å². The van der Waals surface area contributed by atoms with E-state index in [0.717, 1.165) is 16.5 Å². The first-order chi connectivity index (χ1) is 13.6. The molecule has 0 aliphatic carbocycles. The molecule has 0 fully saturated rings. The van der Waals surface area contributed by atoms with Crippen LogP contribution in [0, 0.1) is 0 Å². The van der Waals surface area contributed by atoms with Gasteiger partial charge < -0.3 is 4.74 Å². The van der Waals surface area contributed by atoms with Crippen LogP contribution in [0.25, 0.3) is 10.9 Å². The molecule has 0 atom stereocenters. The second-order valence-corrected chi connectivity index (χ2v) is 8.36. The number of hydrogen-bond acceptors (Lipinski definition) is 6. The Hall–Kier alpha value is -2.35. The van der Waals surface area contributed by atoms with E-state index in [1.807, 2.05) is 35.7 Å². The highest BCUT2D eigenvalue weighted by atomic mass is 35.5. The Bertz CT molecular complexity index is 1170. The number of hydrogen-bond donors (Lipinski definition) is 0. The Morgan fingerprint density at radius 3 is 2.75 bits per heavy atom. The van der Waals surface area contributed by atoms with Gasteiger partial charge in [0.2, 0.25) is 0 Å². The molecule has 4 aromatic rings. The Balaban J connectivity index is 1.42. The van der Waals surface area contributed by atoms with E-state index in [0.29, 0.717) is 33.4 Å². The molecular weight excluding hydrogens is 414 g/mol. The summed E-state index contributed by atoms with van der Waals surface area (Å²) in [6.07, 6.45) is 0. The summed E-state index contributed by atoms with van der Waals surface area (Å²) in [7, 11) is 1.75. The molecule has 0 saturated heterocycles. The first kappa shape index (κ1) is 19.0. The van der Waals surface area contributed by atoms with E-state index in [4.69, 9.17) is 16.3 Å². The number of thiazole rings is 1. The first-order valence-corrected chi connectivity index (χ1v) is 10.7. The van der Waals surface area contributed by atoms with Crippen molar-refractivity contribution in [3.8, 4) is 5.75 Å². The third-order valence-electron chi connectivity index (χ3n) is 4.07. The number of nitrogens with zero attached hydrogens (tertiary/aromatic N) is 3. The van der Waals surface area contributed by atoms with Crippen LogP contribution in [0.1, 0.15) is 10.7 Å². The fourth-order valence-corrected chi connectivity index (χ4v) is 4.42. The van der Waals surface area contributed by atoms with Gasteiger partial charge in [0.25, 0.3) is 5.56 Å². The second kappa shape index (κ2) is 8.34. The molecule has 2 aromatic carbocycles. The van der Waals surface area contributed by atoms with Crippen molar-refractivity contribution in [2.75, 3.05) is 0 Å². The average molecular weight is 430 g/mol. The lowest BCUT2D eigenvalue weighted by atomic mass is 10.2. The first-order valence-electron chi connectivity index (χ1n) is 8.50. The minimum Gasteiger partial charge on any atom is -0.486 e. The highest BCUT2D eigenvalue weighted by molar-refractivity contribution is 7.98. The summed E-state index contributed by atoms with van der Waals surface area (Å²) in [5, 5.41) is 4.89. The van der Waals surface area contributed by atoms with E-state index in [1.165, 1.54) is 11.8 Å². The van der Waals surface area contributed by atoms with Gasteiger partial charge in [-0.2, -0.15) is 0 Å². The molecule has 28 heavy (non-hydrogen) atoms. The van der Waals surface area contributed by atoms with Gasteiger partial charge in [-0.3, -0.25) is 9.36 Å². The molecule has 0 N–H and O–H groups in total. The summed E-state index contributed by atoms with van der Waals surface area (Å²) in [4.78, 5) is 21.7. The maximum atomic E-state index is 12.5. The smallest absolute Gasteiger partial charge is 0.261 e. The zero-order valence-electron chi connectivity index (χ0n) is 15.0. The van der Waals surface area contributed by atoms with Crippen LogP contribution in [0.3, 0.4) is 0 Å². The largest absolute Gasteiger partial charge is 0.486 e. The number of benzene rings is 2. The number of para-hydroxylation sites is 1. The van der Waals surface area contributed by atoms with E-state index >= 15 is 0 Å². The number of fused-ring (bicyclic) bond motifs is 1. The molecule has 4 rings (SSSR count). The van der Waals surface area contributed by atoms with Gasteiger partial charge >= 0.3 is 0 Å². The maximum absolute atomic E-state index is 12.5. The van der Waals surface area contributed by atoms with Gasteiger partial charge in [0.05, 0.1) is 16.6 Å². The molecule has 2 heterocycles. The summed E-state index contributed by atoms with van der Waals surface area (Å²) < 4.78 is 7.32. The molecule has 2 aromatic heterocycles. The van der Waals surface area contributed by atoms with E-state index in [-0.39, 0.29) is 5.56 Å². The number of aromatic nitrogens is 3. The van der Waals surface area contributed by atoms with E-state index in [2.05, 4.69) is 9.97 Å². The highest BCUT2D eigenvalue weighted by Gasteiger charge is 2.10. The van der Waals surface area contributed by atoms with Crippen LogP contribution in [-0.2, 0) is 19.4 Å². The Morgan fingerprint density at radius 2 is 1.93 bits per heavy atom.